The first kappa shape index (κ1) is 13.8. The number of thioether (sulfide) groups is 1. The Morgan fingerprint density at radius 3 is 2.60 bits per heavy atom. The van der Waals surface area contributed by atoms with Crippen LogP contribution in [0.25, 0.3) is 5.78 Å². The number of nitrogens with zero attached hydrogens (tertiary/aromatic N) is 4. The summed E-state index contributed by atoms with van der Waals surface area (Å²) in [6, 6.07) is 2.02. The van der Waals surface area contributed by atoms with Gasteiger partial charge in [-0.15, -0.1) is 5.10 Å². The average Bonchev–Trinajstić information content (AvgIpc) is 2.70. The van der Waals surface area contributed by atoms with Crippen molar-refractivity contribution in [1.29, 1.82) is 0 Å². The van der Waals surface area contributed by atoms with Crippen molar-refractivity contribution in [3.05, 3.63) is 17.5 Å². The summed E-state index contributed by atoms with van der Waals surface area (Å²) in [5, 5.41) is 5.90. The van der Waals surface area contributed by atoms with Crippen molar-refractivity contribution in [1.82, 2.24) is 19.6 Å². The second kappa shape index (κ2) is 5.33. The van der Waals surface area contributed by atoms with E-state index < -0.39 is 0 Å². The Morgan fingerprint density at radius 1 is 1.20 bits per heavy atom. The van der Waals surface area contributed by atoms with Crippen LogP contribution in [-0.2, 0) is 4.74 Å². The lowest BCUT2D eigenvalue weighted by atomic mass is 10.1. The quantitative estimate of drug-likeness (QED) is 0.852. The van der Waals surface area contributed by atoms with Crippen LogP contribution >= 0.6 is 11.8 Å². The van der Waals surface area contributed by atoms with Crippen LogP contribution in [0, 0.1) is 13.8 Å². The lowest BCUT2D eigenvalue weighted by Crippen LogP contribution is -2.30. The summed E-state index contributed by atoms with van der Waals surface area (Å²) < 4.78 is 7.60. The van der Waals surface area contributed by atoms with Crippen LogP contribution in [0.3, 0.4) is 0 Å². The fraction of sp³-hybridized carbons (Fsp3) is 0.643. The molecule has 0 saturated carbocycles. The molecule has 3 heterocycles. The monoisotopic (exact) mass is 292 g/mol. The first-order valence-corrected chi connectivity index (χ1v) is 7.92. The van der Waals surface area contributed by atoms with E-state index in [1.165, 1.54) is 0 Å². The molecule has 20 heavy (non-hydrogen) atoms. The predicted molar refractivity (Wildman–Crippen MR) is 79.1 cm³/mol. The van der Waals surface area contributed by atoms with E-state index in [9.17, 15) is 0 Å². The molecule has 108 valence electrons. The van der Waals surface area contributed by atoms with Crippen molar-refractivity contribution in [2.24, 2.45) is 0 Å². The number of hydrogen-bond acceptors (Lipinski definition) is 5. The van der Waals surface area contributed by atoms with E-state index in [0.717, 1.165) is 29.4 Å². The van der Waals surface area contributed by atoms with Crippen molar-refractivity contribution in [2.75, 3.05) is 0 Å². The van der Waals surface area contributed by atoms with Crippen LogP contribution in [0.5, 0.6) is 0 Å². The van der Waals surface area contributed by atoms with E-state index in [4.69, 9.17) is 4.74 Å². The van der Waals surface area contributed by atoms with Gasteiger partial charge in [0.15, 0.2) is 0 Å². The number of fused-ring (bicyclic) bond motifs is 1. The Kier molecular flexibility index (Phi) is 3.69. The summed E-state index contributed by atoms with van der Waals surface area (Å²) in [5.41, 5.74) is 2.05. The van der Waals surface area contributed by atoms with Gasteiger partial charge in [0.1, 0.15) is 0 Å². The summed E-state index contributed by atoms with van der Waals surface area (Å²) in [7, 11) is 0. The third kappa shape index (κ3) is 2.81. The van der Waals surface area contributed by atoms with Gasteiger partial charge in [-0.3, -0.25) is 0 Å². The summed E-state index contributed by atoms with van der Waals surface area (Å²) in [4.78, 5) is 8.97. The molecule has 1 saturated heterocycles. The average molecular weight is 292 g/mol. The van der Waals surface area contributed by atoms with Gasteiger partial charge in [-0.2, -0.15) is 4.98 Å². The van der Waals surface area contributed by atoms with Crippen LogP contribution in [0.15, 0.2) is 11.2 Å². The summed E-state index contributed by atoms with van der Waals surface area (Å²) in [5.74, 6) is 0.693. The van der Waals surface area contributed by atoms with E-state index in [1.807, 2.05) is 24.4 Å². The molecule has 0 aliphatic carbocycles. The zero-order chi connectivity index (χ0) is 14.3. The smallest absolute Gasteiger partial charge is 0.253 e. The maximum Gasteiger partial charge on any atom is 0.253 e. The third-order valence-corrected chi connectivity index (χ3v) is 4.63. The van der Waals surface area contributed by atoms with Crippen molar-refractivity contribution in [2.45, 2.75) is 63.2 Å². The molecule has 0 N–H and O–H groups in total. The molecule has 0 bridgehead atoms. The fourth-order valence-electron chi connectivity index (χ4n) is 2.79. The number of hydrogen-bond donors (Lipinski definition) is 0. The van der Waals surface area contributed by atoms with Crippen molar-refractivity contribution >= 4 is 17.5 Å². The molecule has 2 aromatic heterocycles. The largest absolute Gasteiger partial charge is 0.375 e. The van der Waals surface area contributed by atoms with E-state index in [1.54, 1.807) is 11.8 Å². The molecular weight excluding hydrogens is 272 g/mol. The zero-order valence-electron chi connectivity index (χ0n) is 12.3. The number of aromatic nitrogens is 4. The normalized spacial score (nSPS) is 27.1. The lowest BCUT2D eigenvalue weighted by Gasteiger charge is -2.30. The summed E-state index contributed by atoms with van der Waals surface area (Å²) in [6.45, 7) is 8.28. The maximum atomic E-state index is 5.78. The molecule has 5 nitrogen and oxygen atoms in total. The maximum absolute atomic E-state index is 5.78. The fourth-order valence-corrected chi connectivity index (χ4v) is 4.08. The van der Waals surface area contributed by atoms with Gasteiger partial charge < -0.3 is 4.74 Å². The van der Waals surface area contributed by atoms with Crippen molar-refractivity contribution in [3.8, 4) is 0 Å². The highest BCUT2D eigenvalue weighted by molar-refractivity contribution is 7.99. The first-order chi connectivity index (χ1) is 9.51. The van der Waals surface area contributed by atoms with Gasteiger partial charge in [0.2, 0.25) is 5.16 Å². The Bertz CT molecular complexity index is 617. The van der Waals surface area contributed by atoms with Crippen LogP contribution in [0.2, 0.25) is 0 Å². The molecule has 0 amide bonds. The molecule has 2 atom stereocenters. The summed E-state index contributed by atoms with van der Waals surface area (Å²) in [6.07, 6.45) is 2.73. The second-order valence-electron chi connectivity index (χ2n) is 5.61. The molecule has 2 unspecified atom stereocenters. The first-order valence-electron chi connectivity index (χ1n) is 7.04. The van der Waals surface area contributed by atoms with Gasteiger partial charge in [-0.05, 0) is 46.6 Å². The Labute approximate surface area is 123 Å². The van der Waals surface area contributed by atoms with Gasteiger partial charge in [0.25, 0.3) is 5.78 Å². The Morgan fingerprint density at radius 2 is 1.90 bits per heavy atom. The highest BCUT2D eigenvalue weighted by Crippen LogP contribution is 2.32. The molecule has 1 aliphatic heterocycles. The molecule has 1 aliphatic rings. The molecule has 0 radical (unpaired) electrons. The third-order valence-electron chi connectivity index (χ3n) is 3.53. The molecule has 3 rings (SSSR count). The van der Waals surface area contributed by atoms with Crippen molar-refractivity contribution in [3.63, 3.8) is 0 Å². The highest BCUT2D eigenvalue weighted by atomic mass is 32.2. The molecule has 1 fully saturated rings. The minimum absolute atomic E-state index is 0.315. The van der Waals surface area contributed by atoms with Crippen LogP contribution in [0.1, 0.15) is 38.1 Å². The molecule has 0 spiro atoms. The SMILES string of the molecule is Cc1cc(C)n2nc(SC3CC(C)OC(C)C3)nc2n1. The number of ether oxygens (including phenoxy) is 1. The molecular formula is C14H20N4OS. The number of aryl methyl sites for hydroxylation is 2. The van der Waals surface area contributed by atoms with Gasteiger partial charge in [0.05, 0.1) is 12.2 Å². The minimum Gasteiger partial charge on any atom is -0.375 e. The standard InChI is InChI=1S/C14H20N4OS/c1-8-5-9(2)18-13(15-8)16-14(17-18)20-12-6-10(3)19-11(4)7-12/h5,10-12H,6-7H2,1-4H3. The van der Waals surface area contributed by atoms with Gasteiger partial charge >= 0.3 is 0 Å². The van der Waals surface area contributed by atoms with Gasteiger partial charge in [-0.1, -0.05) is 11.8 Å². The van der Waals surface area contributed by atoms with Crippen LogP contribution < -0.4 is 0 Å². The second-order valence-corrected chi connectivity index (χ2v) is 6.88. The molecule has 2 aromatic rings. The Hall–Kier alpha value is -1.14. The van der Waals surface area contributed by atoms with Gasteiger partial charge in [0, 0.05) is 16.6 Å². The minimum atomic E-state index is 0.315. The van der Waals surface area contributed by atoms with Gasteiger partial charge in [-0.25, -0.2) is 9.50 Å². The van der Waals surface area contributed by atoms with E-state index in [0.29, 0.717) is 23.2 Å². The summed E-state index contributed by atoms with van der Waals surface area (Å²) >= 11 is 1.75. The Balaban J connectivity index is 1.82. The van der Waals surface area contributed by atoms with E-state index in [-0.39, 0.29) is 0 Å². The number of rotatable bonds is 2. The van der Waals surface area contributed by atoms with Crippen LogP contribution in [0.4, 0.5) is 0 Å². The van der Waals surface area contributed by atoms with Crippen molar-refractivity contribution < 1.29 is 4.74 Å². The lowest BCUT2D eigenvalue weighted by molar-refractivity contribution is -0.0265. The zero-order valence-corrected chi connectivity index (χ0v) is 13.1. The van der Waals surface area contributed by atoms with Crippen LogP contribution in [-0.4, -0.2) is 37.0 Å². The predicted octanol–water partition coefficient (Wildman–Crippen LogP) is 2.79. The molecule has 0 aromatic carbocycles. The van der Waals surface area contributed by atoms with E-state index >= 15 is 0 Å². The highest BCUT2D eigenvalue weighted by Gasteiger charge is 2.26. The van der Waals surface area contributed by atoms with E-state index in [2.05, 4.69) is 28.9 Å². The molecule has 6 heteroatoms. The topological polar surface area (TPSA) is 52.3 Å².